The number of aromatic nitrogens is 4. The second kappa shape index (κ2) is 9.06. The summed E-state index contributed by atoms with van der Waals surface area (Å²) in [5, 5.41) is 11.8. The number of anilines is 4. The number of carbonyl (C=O) groups excluding carboxylic acids is 1. The molecule has 0 fully saturated rings. The van der Waals surface area contributed by atoms with E-state index in [0.29, 0.717) is 35.1 Å². The minimum absolute atomic E-state index is 0.0257. The van der Waals surface area contributed by atoms with Gasteiger partial charge in [-0.15, -0.1) is 0 Å². The summed E-state index contributed by atoms with van der Waals surface area (Å²) >= 11 is 0. The Morgan fingerprint density at radius 2 is 1.84 bits per heavy atom. The molecule has 1 aliphatic rings. The zero-order chi connectivity index (χ0) is 26.5. The first-order chi connectivity index (χ1) is 17.5. The first-order valence-electron chi connectivity index (χ1n) is 11.8. The Hall–Kier alpha value is -4.15. The molecule has 192 valence electrons. The molecule has 4 aromatic rings. The molecule has 0 radical (unpaired) electrons. The fourth-order valence-corrected chi connectivity index (χ4v) is 4.78. The fourth-order valence-electron chi connectivity index (χ4n) is 4.78. The maximum Gasteiger partial charge on any atom is 0.471 e. The van der Waals surface area contributed by atoms with Crippen molar-refractivity contribution in [3.8, 4) is 0 Å². The molecule has 0 saturated heterocycles. The van der Waals surface area contributed by atoms with Gasteiger partial charge >= 0.3 is 12.1 Å². The predicted octanol–water partition coefficient (Wildman–Crippen LogP) is 5.48. The van der Waals surface area contributed by atoms with Crippen LogP contribution in [0.5, 0.6) is 0 Å². The van der Waals surface area contributed by atoms with Crippen LogP contribution in [0.3, 0.4) is 0 Å². The van der Waals surface area contributed by atoms with E-state index in [4.69, 9.17) is 0 Å². The summed E-state index contributed by atoms with van der Waals surface area (Å²) in [5.74, 6) is -0.862. The lowest BCUT2D eigenvalue weighted by Crippen LogP contribution is -2.45. The molecule has 3 heterocycles. The second-order valence-corrected chi connectivity index (χ2v) is 9.26. The molecular weight excluding hydrogens is 483 g/mol. The van der Waals surface area contributed by atoms with Gasteiger partial charge in [0.2, 0.25) is 5.95 Å². The molecule has 2 aromatic carbocycles. The van der Waals surface area contributed by atoms with Crippen molar-refractivity contribution in [1.29, 1.82) is 0 Å². The van der Waals surface area contributed by atoms with Gasteiger partial charge < -0.3 is 15.5 Å². The van der Waals surface area contributed by atoms with E-state index in [1.807, 2.05) is 44.2 Å². The highest BCUT2D eigenvalue weighted by atomic mass is 19.4. The van der Waals surface area contributed by atoms with Crippen LogP contribution in [0.1, 0.15) is 35.2 Å². The molecule has 2 N–H and O–H groups in total. The SMILES string of the molecule is Cc1cccc(C)c1Nc1nn(C)c2nc(Nc3ccc4c(c3)C(C)N(C(=O)C(F)(F)F)CC4)ncc12. The number of fused-ring (bicyclic) bond motifs is 2. The zero-order valence-corrected chi connectivity index (χ0v) is 20.8. The van der Waals surface area contributed by atoms with Gasteiger partial charge in [-0.3, -0.25) is 4.79 Å². The third-order valence-electron chi connectivity index (χ3n) is 6.75. The molecule has 37 heavy (non-hydrogen) atoms. The molecular formula is C26H26F3N7O. The summed E-state index contributed by atoms with van der Waals surface area (Å²) < 4.78 is 40.8. The molecule has 11 heteroatoms. The summed E-state index contributed by atoms with van der Waals surface area (Å²) in [5.41, 5.74) is 5.96. The molecule has 0 saturated carbocycles. The molecule has 0 aliphatic carbocycles. The molecule has 1 unspecified atom stereocenters. The van der Waals surface area contributed by atoms with Gasteiger partial charge in [-0.05, 0) is 61.6 Å². The Balaban J connectivity index is 1.41. The van der Waals surface area contributed by atoms with E-state index in [2.05, 4.69) is 25.7 Å². The van der Waals surface area contributed by atoms with Crippen molar-refractivity contribution in [3.63, 3.8) is 0 Å². The van der Waals surface area contributed by atoms with E-state index in [-0.39, 0.29) is 6.54 Å². The number of hydrogen-bond acceptors (Lipinski definition) is 6. The topological polar surface area (TPSA) is 88.0 Å². The second-order valence-electron chi connectivity index (χ2n) is 9.26. The third kappa shape index (κ3) is 4.56. The van der Waals surface area contributed by atoms with Gasteiger partial charge in [-0.2, -0.15) is 23.3 Å². The number of para-hydroxylation sites is 1. The van der Waals surface area contributed by atoms with Gasteiger partial charge in [-0.25, -0.2) is 9.67 Å². The lowest BCUT2D eigenvalue weighted by Gasteiger charge is -2.35. The van der Waals surface area contributed by atoms with Gasteiger partial charge in [0, 0.05) is 31.2 Å². The summed E-state index contributed by atoms with van der Waals surface area (Å²) in [6.07, 6.45) is -2.87. The van der Waals surface area contributed by atoms with Gasteiger partial charge in [0.25, 0.3) is 0 Å². The molecule has 5 rings (SSSR count). The van der Waals surface area contributed by atoms with Gasteiger partial charge in [0.05, 0.1) is 11.4 Å². The number of nitrogens with zero attached hydrogens (tertiary/aromatic N) is 5. The first kappa shape index (κ1) is 24.5. The van der Waals surface area contributed by atoms with Crippen LogP contribution in [0, 0.1) is 13.8 Å². The maximum atomic E-state index is 13.0. The van der Waals surface area contributed by atoms with E-state index >= 15 is 0 Å². The normalized spacial score (nSPS) is 15.5. The van der Waals surface area contributed by atoms with Crippen LogP contribution in [0.2, 0.25) is 0 Å². The van der Waals surface area contributed by atoms with Crippen LogP contribution in [-0.4, -0.2) is 43.3 Å². The summed E-state index contributed by atoms with van der Waals surface area (Å²) in [4.78, 5) is 21.8. The van der Waals surface area contributed by atoms with E-state index in [1.54, 1.807) is 30.9 Å². The number of alkyl halides is 3. The highest BCUT2D eigenvalue weighted by Crippen LogP contribution is 2.35. The molecule has 1 atom stereocenters. The highest BCUT2D eigenvalue weighted by Gasteiger charge is 2.45. The number of benzene rings is 2. The number of aryl methyl sites for hydroxylation is 3. The van der Waals surface area contributed by atoms with Crippen molar-refractivity contribution in [1.82, 2.24) is 24.6 Å². The van der Waals surface area contributed by atoms with Crippen molar-refractivity contribution >= 4 is 40.1 Å². The number of hydrogen-bond donors (Lipinski definition) is 2. The van der Waals surface area contributed by atoms with Crippen molar-refractivity contribution < 1.29 is 18.0 Å². The average Bonchev–Trinajstić information content (AvgIpc) is 3.15. The van der Waals surface area contributed by atoms with Gasteiger partial charge in [0.15, 0.2) is 11.5 Å². The molecule has 0 bridgehead atoms. The van der Waals surface area contributed by atoms with E-state index in [0.717, 1.165) is 32.7 Å². The molecule has 8 nitrogen and oxygen atoms in total. The smallest absolute Gasteiger partial charge is 0.338 e. The molecule has 1 aliphatic heterocycles. The van der Waals surface area contributed by atoms with Crippen molar-refractivity contribution in [2.45, 2.75) is 39.4 Å². The highest BCUT2D eigenvalue weighted by molar-refractivity contribution is 5.90. The predicted molar refractivity (Wildman–Crippen MR) is 135 cm³/mol. The number of carbonyl (C=O) groups is 1. The maximum absolute atomic E-state index is 13.0. The lowest BCUT2D eigenvalue weighted by molar-refractivity contribution is -0.188. The Morgan fingerprint density at radius 1 is 1.11 bits per heavy atom. The molecule has 1 amide bonds. The quantitative estimate of drug-likeness (QED) is 0.379. The van der Waals surface area contributed by atoms with E-state index in [1.165, 1.54) is 0 Å². The van der Waals surface area contributed by atoms with Crippen LogP contribution in [-0.2, 0) is 18.3 Å². The van der Waals surface area contributed by atoms with E-state index in [9.17, 15) is 18.0 Å². The van der Waals surface area contributed by atoms with Gasteiger partial charge in [0.1, 0.15) is 0 Å². The Labute approximate surface area is 211 Å². The number of nitrogens with one attached hydrogen (secondary N) is 2. The van der Waals surface area contributed by atoms with Crippen LogP contribution < -0.4 is 10.6 Å². The third-order valence-corrected chi connectivity index (χ3v) is 6.75. The minimum Gasteiger partial charge on any atom is -0.338 e. The Kier molecular flexibility index (Phi) is 6.01. The van der Waals surface area contributed by atoms with Crippen molar-refractivity contribution in [2.24, 2.45) is 7.05 Å². The van der Waals surface area contributed by atoms with Gasteiger partial charge in [-0.1, -0.05) is 24.3 Å². The minimum atomic E-state index is -4.90. The molecule has 0 spiro atoms. The summed E-state index contributed by atoms with van der Waals surface area (Å²) in [6, 6.07) is 10.8. The van der Waals surface area contributed by atoms with Crippen molar-refractivity contribution in [3.05, 3.63) is 64.8 Å². The average molecular weight is 510 g/mol. The number of rotatable bonds is 4. The van der Waals surface area contributed by atoms with Crippen LogP contribution in [0.25, 0.3) is 11.0 Å². The van der Waals surface area contributed by atoms with E-state index < -0.39 is 18.1 Å². The Bertz CT molecular complexity index is 1490. The monoisotopic (exact) mass is 509 g/mol. The van der Waals surface area contributed by atoms with Crippen molar-refractivity contribution in [2.75, 3.05) is 17.2 Å². The Morgan fingerprint density at radius 3 is 2.54 bits per heavy atom. The largest absolute Gasteiger partial charge is 0.471 e. The zero-order valence-electron chi connectivity index (χ0n) is 20.8. The standard InChI is InChI=1S/C26H26F3N7O/c1-14-6-5-7-15(2)21(14)32-22-20-13-30-25(33-23(20)35(4)34-22)31-18-9-8-17-10-11-36(16(3)19(17)12-18)24(37)26(27,28)29/h5-9,12-13,16H,10-11H2,1-4H3,(H,32,34)(H,30,31,33). The summed E-state index contributed by atoms with van der Waals surface area (Å²) in [6.45, 7) is 5.68. The molecule has 2 aromatic heterocycles. The van der Waals surface area contributed by atoms with Crippen LogP contribution in [0.15, 0.2) is 42.6 Å². The number of amides is 1. The lowest BCUT2D eigenvalue weighted by atomic mass is 9.93. The first-order valence-corrected chi connectivity index (χ1v) is 11.8. The number of halogens is 3. The van der Waals surface area contributed by atoms with Crippen LogP contribution in [0.4, 0.5) is 36.3 Å². The fraction of sp³-hybridized carbons (Fsp3) is 0.308. The summed E-state index contributed by atoms with van der Waals surface area (Å²) in [7, 11) is 1.79. The van der Waals surface area contributed by atoms with Crippen LogP contribution >= 0.6 is 0 Å².